The van der Waals surface area contributed by atoms with Crippen LogP contribution in [0.5, 0.6) is 0 Å². The Labute approximate surface area is 69.5 Å². The van der Waals surface area contributed by atoms with Crippen molar-refractivity contribution in [2.75, 3.05) is 7.11 Å². The highest BCUT2D eigenvalue weighted by Crippen LogP contribution is 2.20. The van der Waals surface area contributed by atoms with Crippen molar-refractivity contribution in [3.05, 3.63) is 0 Å². The summed E-state index contributed by atoms with van der Waals surface area (Å²) in [4.78, 5) is 0. The number of ether oxygens (including phenoxy) is 1. The molecule has 0 aromatic heterocycles. The third kappa shape index (κ3) is 2.86. The highest BCUT2D eigenvalue weighted by atomic mass is 35.5. The van der Waals surface area contributed by atoms with Crippen LogP contribution in [0.3, 0.4) is 0 Å². The zero-order chi connectivity index (χ0) is 7.71. The number of halogens is 1. The molecule has 0 saturated carbocycles. The van der Waals surface area contributed by atoms with E-state index in [4.69, 9.17) is 10.5 Å². The largest absolute Gasteiger partial charge is 0.377 e. The van der Waals surface area contributed by atoms with Crippen LogP contribution in [0.2, 0.25) is 0 Å². The maximum atomic E-state index is 5.80. The molecule has 0 aromatic carbocycles. The first-order valence-corrected chi connectivity index (χ1v) is 3.15. The Morgan fingerprint density at radius 2 is 1.40 bits per heavy atom. The second-order valence-electron chi connectivity index (χ2n) is 3.44. The molecule has 10 heavy (non-hydrogen) atoms. The predicted octanol–water partition coefficient (Wildman–Crippen LogP) is 1.57. The molecule has 0 atom stereocenters. The van der Waals surface area contributed by atoms with E-state index < -0.39 is 0 Å². The Kier molecular flexibility index (Phi) is 4.57. The van der Waals surface area contributed by atoms with E-state index in [1.54, 1.807) is 7.11 Å². The van der Waals surface area contributed by atoms with Gasteiger partial charge >= 0.3 is 0 Å². The van der Waals surface area contributed by atoms with E-state index in [0.29, 0.717) is 0 Å². The van der Waals surface area contributed by atoms with Gasteiger partial charge in [-0.1, -0.05) is 0 Å². The third-order valence-corrected chi connectivity index (χ3v) is 2.06. The summed E-state index contributed by atoms with van der Waals surface area (Å²) in [5.41, 5.74) is 5.28. The van der Waals surface area contributed by atoms with Crippen LogP contribution in [-0.2, 0) is 4.74 Å². The summed E-state index contributed by atoms with van der Waals surface area (Å²) in [5, 5.41) is 0. The van der Waals surface area contributed by atoms with Gasteiger partial charge in [-0.15, -0.1) is 12.4 Å². The first-order chi connectivity index (χ1) is 3.81. The summed E-state index contributed by atoms with van der Waals surface area (Å²) in [6.07, 6.45) is 0. The van der Waals surface area contributed by atoms with E-state index in [0.717, 1.165) is 0 Å². The van der Waals surface area contributed by atoms with E-state index in [1.807, 2.05) is 27.7 Å². The number of methoxy groups -OCH3 is 1. The molecule has 0 heterocycles. The van der Waals surface area contributed by atoms with Gasteiger partial charge in [0.25, 0.3) is 0 Å². The number of nitrogens with two attached hydrogens (primary N) is 1. The Morgan fingerprint density at radius 3 is 1.40 bits per heavy atom. The summed E-state index contributed by atoms with van der Waals surface area (Å²) in [6.45, 7) is 7.87. The smallest absolute Gasteiger partial charge is 0.0795 e. The summed E-state index contributed by atoms with van der Waals surface area (Å²) in [5.74, 6) is 0. The molecule has 0 bridgehead atoms. The van der Waals surface area contributed by atoms with Crippen molar-refractivity contribution in [3.63, 3.8) is 0 Å². The topological polar surface area (TPSA) is 35.2 Å². The van der Waals surface area contributed by atoms with Crippen molar-refractivity contribution in [2.24, 2.45) is 5.73 Å². The molecule has 3 heteroatoms. The van der Waals surface area contributed by atoms with Crippen LogP contribution in [0.1, 0.15) is 27.7 Å². The summed E-state index contributed by atoms with van der Waals surface area (Å²) in [6, 6.07) is 0. The molecule has 2 nitrogen and oxygen atoms in total. The van der Waals surface area contributed by atoms with Crippen molar-refractivity contribution in [2.45, 2.75) is 38.8 Å². The van der Waals surface area contributed by atoms with E-state index in [2.05, 4.69) is 0 Å². The normalized spacial score (nSPS) is 12.6. The fraction of sp³-hybridized carbons (Fsp3) is 1.00. The van der Waals surface area contributed by atoms with Crippen LogP contribution >= 0.6 is 12.4 Å². The zero-order valence-electron chi connectivity index (χ0n) is 7.39. The predicted molar refractivity (Wildman–Crippen MR) is 46.6 cm³/mol. The highest BCUT2D eigenvalue weighted by Gasteiger charge is 2.32. The van der Waals surface area contributed by atoms with Gasteiger partial charge in [-0.25, -0.2) is 0 Å². The van der Waals surface area contributed by atoms with Gasteiger partial charge in [-0.3, -0.25) is 0 Å². The molecule has 0 aliphatic carbocycles. The Bertz CT molecular complexity index is 96.3. The van der Waals surface area contributed by atoms with Crippen molar-refractivity contribution in [1.29, 1.82) is 0 Å². The minimum atomic E-state index is -0.276. The average Bonchev–Trinajstić information content (AvgIpc) is 1.64. The molecule has 0 rings (SSSR count). The Balaban J connectivity index is 0. The van der Waals surface area contributed by atoms with Crippen LogP contribution in [0, 0.1) is 0 Å². The van der Waals surface area contributed by atoms with Crippen LogP contribution < -0.4 is 5.73 Å². The molecule has 0 unspecified atom stereocenters. The van der Waals surface area contributed by atoms with Gasteiger partial charge in [-0.2, -0.15) is 0 Å². The van der Waals surface area contributed by atoms with Gasteiger partial charge in [0.2, 0.25) is 0 Å². The van der Waals surface area contributed by atoms with Crippen LogP contribution in [-0.4, -0.2) is 18.2 Å². The fourth-order valence-electron chi connectivity index (χ4n) is 0.263. The van der Waals surface area contributed by atoms with Crippen molar-refractivity contribution in [3.8, 4) is 0 Å². The molecule has 0 fully saturated rings. The van der Waals surface area contributed by atoms with Gasteiger partial charge in [0.05, 0.1) is 5.60 Å². The van der Waals surface area contributed by atoms with E-state index >= 15 is 0 Å². The second-order valence-corrected chi connectivity index (χ2v) is 3.44. The van der Waals surface area contributed by atoms with E-state index in [-0.39, 0.29) is 23.5 Å². The molecule has 0 radical (unpaired) electrons. The van der Waals surface area contributed by atoms with E-state index in [9.17, 15) is 0 Å². The fourth-order valence-corrected chi connectivity index (χ4v) is 0.263. The summed E-state index contributed by atoms with van der Waals surface area (Å²) in [7, 11) is 1.68. The molecule has 0 aliphatic rings. The first-order valence-electron chi connectivity index (χ1n) is 3.15. The number of hydrogen-bond donors (Lipinski definition) is 1. The lowest BCUT2D eigenvalue weighted by molar-refractivity contribution is -0.0298. The zero-order valence-corrected chi connectivity index (χ0v) is 8.21. The molecule has 0 saturated heterocycles. The lowest BCUT2D eigenvalue weighted by atomic mass is 9.87. The Morgan fingerprint density at radius 1 is 1.10 bits per heavy atom. The quantitative estimate of drug-likeness (QED) is 0.678. The molecule has 0 amide bonds. The van der Waals surface area contributed by atoms with Gasteiger partial charge in [-0.05, 0) is 27.7 Å². The summed E-state index contributed by atoms with van der Waals surface area (Å²) >= 11 is 0. The van der Waals surface area contributed by atoms with Crippen LogP contribution in [0.25, 0.3) is 0 Å². The number of rotatable bonds is 2. The molecule has 64 valence electrons. The third-order valence-electron chi connectivity index (χ3n) is 2.06. The molecule has 0 aromatic rings. The molecular weight excluding hydrogens is 150 g/mol. The van der Waals surface area contributed by atoms with Gasteiger partial charge in [0, 0.05) is 12.6 Å². The SMILES string of the molecule is COC(C)(C)C(C)(C)N.Cl. The van der Waals surface area contributed by atoms with Crippen molar-refractivity contribution in [1.82, 2.24) is 0 Å². The maximum Gasteiger partial charge on any atom is 0.0795 e. The molecule has 2 N–H and O–H groups in total. The van der Waals surface area contributed by atoms with Crippen LogP contribution in [0.4, 0.5) is 0 Å². The molecular formula is C7H18ClNO. The molecule has 0 spiro atoms. The van der Waals surface area contributed by atoms with Crippen molar-refractivity contribution >= 4 is 12.4 Å². The van der Waals surface area contributed by atoms with Gasteiger partial charge in [0.1, 0.15) is 0 Å². The Hall–Kier alpha value is 0.210. The minimum absolute atomic E-state index is 0. The maximum absolute atomic E-state index is 5.80. The number of hydrogen-bond acceptors (Lipinski definition) is 2. The summed E-state index contributed by atoms with van der Waals surface area (Å²) < 4.78 is 5.18. The highest BCUT2D eigenvalue weighted by molar-refractivity contribution is 5.85. The van der Waals surface area contributed by atoms with E-state index in [1.165, 1.54) is 0 Å². The lowest BCUT2D eigenvalue weighted by Crippen LogP contribution is -2.53. The minimum Gasteiger partial charge on any atom is -0.377 e. The lowest BCUT2D eigenvalue weighted by Gasteiger charge is -2.36. The first kappa shape index (κ1) is 12.8. The average molecular weight is 168 g/mol. The van der Waals surface area contributed by atoms with Crippen molar-refractivity contribution < 1.29 is 4.74 Å². The standard InChI is InChI=1S/C7H17NO.ClH/c1-6(2,8)7(3,4)9-5;/h8H2,1-5H3;1H. The monoisotopic (exact) mass is 167 g/mol. The molecule has 0 aliphatic heterocycles. The second kappa shape index (κ2) is 3.56. The van der Waals surface area contributed by atoms with Gasteiger partial charge in [0.15, 0.2) is 0 Å². The van der Waals surface area contributed by atoms with Crippen LogP contribution in [0.15, 0.2) is 0 Å². The van der Waals surface area contributed by atoms with Gasteiger partial charge < -0.3 is 10.5 Å².